The van der Waals surface area contributed by atoms with E-state index in [4.69, 9.17) is 11.6 Å². The van der Waals surface area contributed by atoms with Crippen LogP contribution in [-0.2, 0) is 10.0 Å². The van der Waals surface area contributed by atoms with Gasteiger partial charge in [-0.15, -0.1) is 0 Å². The first-order valence-corrected chi connectivity index (χ1v) is 10.1. The zero-order valence-corrected chi connectivity index (χ0v) is 16.3. The van der Waals surface area contributed by atoms with Crippen LogP contribution >= 0.6 is 11.6 Å². The highest BCUT2D eigenvalue weighted by atomic mass is 35.5. The van der Waals surface area contributed by atoms with E-state index in [-0.39, 0.29) is 16.9 Å². The Morgan fingerprint density at radius 1 is 1.00 bits per heavy atom. The van der Waals surface area contributed by atoms with Crippen molar-refractivity contribution in [3.63, 3.8) is 0 Å². The molecule has 0 amide bonds. The molecule has 0 aliphatic heterocycles. The highest BCUT2D eigenvalue weighted by Gasteiger charge is 2.29. The van der Waals surface area contributed by atoms with Gasteiger partial charge < -0.3 is 0 Å². The normalized spacial score (nSPS) is 13.7. The van der Waals surface area contributed by atoms with Crippen LogP contribution in [0.15, 0.2) is 65.6 Å². The molecule has 0 unspecified atom stereocenters. The molecule has 1 atom stereocenters. The van der Waals surface area contributed by atoms with E-state index in [1.165, 1.54) is 0 Å². The average Bonchev–Trinajstić information content (AvgIpc) is 2.59. The van der Waals surface area contributed by atoms with Crippen LogP contribution in [0.4, 0.5) is 0 Å². The van der Waals surface area contributed by atoms with Crippen LogP contribution in [0.5, 0.6) is 0 Å². The number of benzene rings is 2. The van der Waals surface area contributed by atoms with Crippen molar-refractivity contribution in [1.29, 1.82) is 0 Å². The van der Waals surface area contributed by atoms with E-state index in [1.54, 1.807) is 28.6 Å². The molecular formula is C20H24ClNO2S. The quantitative estimate of drug-likeness (QED) is 0.674. The number of halogens is 1. The van der Waals surface area contributed by atoms with Crippen LogP contribution in [0.3, 0.4) is 0 Å². The molecule has 0 radical (unpaired) electrons. The Kier molecular flexibility index (Phi) is 6.82. The lowest BCUT2D eigenvalue weighted by Gasteiger charge is -2.30. The molecule has 3 nitrogen and oxygen atoms in total. The molecule has 2 aromatic carbocycles. The van der Waals surface area contributed by atoms with E-state index < -0.39 is 10.0 Å². The van der Waals surface area contributed by atoms with Crippen molar-refractivity contribution >= 4 is 27.7 Å². The van der Waals surface area contributed by atoms with Crippen molar-refractivity contribution in [2.45, 2.75) is 31.7 Å². The summed E-state index contributed by atoms with van der Waals surface area (Å²) in [6.07, 6.45) is 3.83. The third-order valence-corrected chi connectivity index (χ3v) is 6.45. The van der Waals surface area contributed by atoms with Gasteiger partial charge in [-0.1, -0.05) is 67.9 Å². The van der Waals surface area contributed by atoms with Gasteiger partial charge in [0.15, 0.2) is 0 Å². The van der Waals surface area contributed by atoms with Gasteiger partial charge >= 0.3 is 0 Å². The topological polar surface area (TPSA) is 37.4 Å². The summed E-state index contributed by atoms with van der Waals surface area (Å²) >= 11 is 5.89. The molecule has 5 heteroatoms. The highest BCUT2D eigenvalue weighted by molar-refractivity contribution is 7.89. The van der Waals surface area contributed by atoms with Crippen LogP contribution in [0.25, 0.3) is 6.08 Å². The van der Waals surface area contributed by atoms with E-state index in [0.717, 1.165) is 5.56 Å². The molecule has 134 valence electrons. The molecule has 2 aromatic rings. The molecule has 0 saturated heterocycles. The summed E-state index contributed by atoms with van der Waals surface area (Å²) in [6, 6.07) is 16.0. The molecule has 0 saturated carbocycles. The van der Waals surface area contributed by atoms with Crippen molar-refractivity contribution in [3.05, 3.63) is 71.3 Å². The van der Waals surface area contributed by atoms with Crippen molar-refractivity contribution in [2.75, 3.05) is 6.54 Å². The molecule has 0 fully saturated rings. The molecule has 0 heterocycles. The molecule has 0 aliphatic rings. The minimum atomic E-state index is -3.59. The monoisotopic (exact) mass is 377 g/mol. The van der Waals surface area contributed by atoms with Crippen LogP contribution in [0, 0.1) is 5.92 Å². The third kappa shape index (κ3) is 5.18. The number of nitrogens with zero attached hydrogens (tertiary/aromatic N) is 1. The van der Waals surface area contributed by atoms with E-state index in [2.05, 4.69) is 0 Å². The standard InChI is InChI=1S/C20H24ClNO2S/c1-16(2)17(3)22(15-7-10-18-8-5-4-6-9-18)25(23,24)20-13-11-19(21)12-14-20/h4-14,16-17H,15H2,1-3H3/t17-/m1/s1. The number of hydrogen-bond donors (Lipinski definition) is 0. The second kappa shape index (κ2) is 8.65. The van der Waals surface area contributed by atoms with Crippen LogP contribution in [0.2, 0.25) is 5.02 Å². The molecule has 0 N–H and O–H groups in total. The lowest BCUT2D eigenvalue weighted by molar-refractivity contribution is 0.296. The molecule has 0 aromatic heterocycles. The second-order valence-electron chi connectivity index (χ2n) is 6.33. The summed E-state index contributed by atoms with van der Waals surface area (Å²) in [5.74, 6) is 0.201. The van der Waals surface area contributed by atoms with E-state index >= 15 is 0 Å². The molecule has 25 heavy (non-hydrogen) atoms. The fourth-order valence-corrected chi connectivity index (χ4v) is 4.25. The number of hydrogen-bond acceptors (Lipinski definition) is 2. The predicted octanol–water partition coefficient (Wildman–Crippen LogP) is 5.09. The van der Waals surface area contributed by atoms with Crippen molar-refractivity contribution < 1.29 is 8.42 Å². The Labute approximate surface area is 156 Å². The summed E-state index contributed by atoms with van der Waals surface area (Å²) in [5, 5.41) is 0.520. The molecule has 0 bridgehead atoms. The van der Waals surface area contributed by atoms with Gasteiger partial charge in [-0.2, -0.15) is 4.31 Å². The van der Waals surface area contributed by atoms with Crippen LogP contribution < -0.4 is 0 Å². The summed E-state index contributed by atoms with van der Waals surface area (Å²) in [4.78, 5) is 0.262. The second-order valence-corrected chi connectivity index (χ2v) is 8.65. The Balaban J connectivity index is 2.29. The van der Waals surface area contributed by atoms with Gasteiger partial charge in [-0.3, -0.25) is 0 Å². The SMILES string of the molecule is CC(C)[C@@H](C)N(CC=Cc1ccccc1)S(=O)(=O)c1ccc(Cl)cc1. The van der Waals surface area contributed by atoms with Gasteiger partial charge in [0, 0.05) is 17.6 Å². The van der Waals surface area contributed by atoms with Gasteiger partial charge in [0.2, 0.25) is 10.0 Å². The zero-order valence-electron chi connectivity index (χ0n) is 14.8. The van der Waals surface area contributed by atoms with Crippen LogP contribution in [-0.4, -0.2) is 25.3 Å². The smallest absolute Gasteiger partial charge is 0.207 e. The Morgan fingerprint density at radius 3 is 2.16 bits per heavy atom. The summed E-state index contributed by atoms with van der Waals surface area (Å²) in [5.41, 5.74) is 1.04. The maximum absolute atomic E-state index is 13.1. The lowest BCUT2D eigenvalue weighted by atomic mass is 10.1. The van der Waals surface area contributed by atoms with Gasteiger partial charge in [0.1, 0.15) is 0 Å². The molecule has 0 aliphatic carbocycles. The van der Waals surface area contributed by atoms with Crippen LogP contribution in [0.1, 0.15) is 26.3 Å². The maximum Gasteiger partial charge on any atom is 0.243 e. The molecular weight excluding hydrogens is 354 g/mol. The third-order valence-electron chi connectivity index (χ3n) is 4.23. The maximum atomic E-state index is 13.1. The molecule has 2 rings (SSSR count). The first-order chi connectivity index (χ1) is 11.8. The largest absolute Gasteiger partial charge is 0.243 e. The molecule has 0 spiro atoms. The average molecular weight is 378 g/mol. The zero-order chi connectivity index (χ0) is 18.4. The van der Waals surface area contributed by atoms with Gasteiger partial charge in [0.25, 0.3) is 0 Å². The van der Waals surface area contributed by atoms with E-state index in [0.29, 0.717) is 11.6 Å². The summed E-state index contributed by atoms with van der Waals surface area (Å²) in [7, 11) is -3.59. The first-order valence-electron chi connectivity index (χ1n) is 8.31. The van der Waals surface area contributed by atoms with Crippen molar-refractivity contribution in [1.82, 2.24) is 4.31 Å². The minimum Gasteiger partial charge on any atom is -0.207 e. The summed E-state index contributed by atoms with van der Waals surface area (Å²) < 4.78 is 27.7. The number of sulfonamides is 1. The Hall–Kier alpha value is -1.62. The minimum absolute atomic E-state index is 0.124. The summed E-state index contributed by atoms with van der Waals surface area (Å²) in [6.45, 7) is 6.31. The van der Waals surface area contributed by atoms with Gasteiger partial charge in [-0.05, 0) is 42.7 Å². The van der Waals surface area contributed by atoms with E-state index in [9.17, 15) is 8.42 Å². The highest BCUT2D eigenvalue weighted by Crippen LogP contribution is 2.23. The van der Waals surface area contributed by atoms with Crippen molar-refractivity contribution in [3.8, 4) is 0 Å². The van der Waals surface area contributed by atoms with Gasteiger partial charge in [0.05, 0.1) is 4.90 Å². The fourth-order valence-electron chi connectivity index (χ4n) is 2.41. The van der Waals surface area contributed by atoms with Gasteiger partial charge in [-0.25, -0.2) is 8.42 Å². The lowest BCUT2D eigenvalue weighted by Crippen LogP contribution is -2.41. The fraction of sp³-hybridized carbons (Fsp3) is 0.300. The Bertz CT molecular complexity index is 799. The Morgan fingerprint density at radius 2 is 1.60 bits per heavy atom. The van der Waals surface area contributed by atoms with E-state index in [1.807, 2.05) is 63.3 Å². The number of rotatable bonds is 7. The van der Waals surface area contributed by atoms with Crippen molar-refractivity contribution in [2.24, 2.45) is 5.92 Å². The first kappa shape index (κ1) is 19.7. The predicted molar refractivity (Wildman–Crippen MR) is 105 cm³/mol.